The number of hydrogen-bond acceptors (Lipinski definition) is 9. The van der Waals surface area contributed by atoms with Gasteiger partial charge in [0.15, 0.2) is 11.4 Å². The van der Waals surface area contributed by atoms with Gasteiger partial charge < -0.3 is 26.2 Å². The second kappa shape index (κ2) is 10.5. The second-order valence-electron chi connectivity index (χ2n) is 10.9. The number of ketones is 2. The van der Waals surface area contributed by atoms with Crippen LogP contribution in [0.2, 0.25) is 0 Å². The van der Waals surface area contributed by atoms with Crippen LogP contribution in [0.1, 0.15) is 29.5 Å². The standard InChI is InChI=1S/C28H30F3N3O7/c1-33(2)21-16-12-14-11-15-13(5-4-9-34(3)10-8-27(29,30)31)6-7-17(35)19(15)22(36)18(14)24(38)28(16,41)25(39)20(23(21)37)26(32)40/h6-7,14,16,21,35-36,39,41H,8-12H2,1-3H3,(H2,32,40)/t14-,16-,21-,28-/m0/s1. The van der Waals surface area contributed by atoms with Crippen molar-refractivity contribution in [1.82, 2.24) is 9.80 Å². The van der Waals surface area contributed by atoms with Crippen molar-refractivity contribution in [2.45, 2.75) is 37.1 Å². The van der Waals surface area contributed by atoms with Crippen molar-refractivity contribution in [2.24, 2.45) is 17.6 Å². The van der Waals surface area contributed by atoms with Gasteiger partial charge in [-0.05, 0) is 57.6 Å². The molecular formula is C28H30F3N3O7. The summed E-state index contributed by atoms with van der Waals surface area (Å²) in [6.45, 7) is -0.242. The van der Waals surface area contributed by atoms with Crippen molar-refractivity contribution in [1.29, 1.82) is 0 Å². The number of carbonyl (C=O) groups is 3. The summed E-state index contributed by atoms with van der Waals surface area (Å²) < 4.78 is 37.5. The van der Waals surface area contributed by atoms with Gasteiger partial charge >= 0.3 is 6.18 Å². The van der Waals surface area contributed by atoms with E-state index in [-0.39, 0.29) is 42.8 Å². The number of amides is 1. The average molecular weight is 578 g/mol. The fourth-order valence-corrected chi connectivity index (χ4v) is 6.03. The van der Waals surface area contributed by atoms with E-state index in [2.05, 4.69) is 11.8 Å². The van der Waals surface area contributed by atoms with Gasteiger partial charge in [-0.2, -0.15) is 13.2 Å². The predicted molar refractivity (Wildman–Crippen MR) is 139 cm³/mol. The van der Waals surface area contributed by atoms with Crippen LogP contribution in [0.3, 0.4) is 0 Å². The zero-order valence-electron chi connectivity index (χ0n) is 22.5. The van der Waals surface area contributed by atoms with Gasteiger partial charge in [-0.3, -0.25) is 24.2 Å². The molecule has 0 radical (unpaired) electrons. The number of phenols is 1. The molecule has 13 heteroatoms. The van der Waals surface area contributed by atoms with Crippen molar-refractivity contribution in [3.8, 4) is 17.6 Å². The molecule has 4 rings (SSSR count). The van der Waals surface area contributed by atoms with Gasteiger partial charge in [-0.15, -0.1) is 0 Å². The number of fused-ring (bicyclic) bond motifs is 3. The van der Waals surface area contributed by atoms with Crippen LogP contribution in [0.4, 0.5) is 13.2 Å². The number of aliphatic hydroxyl groups is 3. The van der Waals surface area contributed by atoms with E-state index in [1.165, 1.54) is 43.1 Å². The molecule has 6 N–H and O–H groups in total. The zero-order chi connectivity index (χ0) is 30.6. The molecule has 0 bridgehead atoms. The molecule has 0 heterocycles. The molecule has 0 aliphatic heterocycles. The summed E-state index contributed by atoms with van der Waals surface area (Å²) in [5.41, 5.74) is 2.02. The summed E-state index contributed by atoms with van der Waals surface area (Å²) in [6.07, 6.45) is -5.32. The monoisotopic (exact) mass is 577 g/mol. The normalized spacial score (nSPS) is 26.0. The third-order valence-corrected chi connectivity index (χ3v) is 7.95. The van der Waals surface area contributed by atoms with Crippen molar-refractivity contribution in [3.05, 3.63) is 45.7 Å². The number of hydrogen-bond donors (Lipinski definition) is 5. The number of nitrogens with two attached hydrogens (primary N) is 1. The van der Waals surface area contributed by atoms with Crippen LogP contribution >= 0.6 is 0 Å². The quantitative estimate of drug-likeness (QED) is 0.256. The molecular weight excluding hydrogens is 547 g/mol. The first-order valence-electron chi connectivity index (χ1n) is 12.7. The molecule has 220 valence electrons. The van der Waals surface area contributed by atoms with Crippen LogP contribution in [0.5, 0.6) is 5.75 Å². The van der Waals surface area contributed by atoms with Crippen LogP contribution in [-0.4, -0.2) is 99.8 Å². The smallest absolute Gasteiger partial charge is 0.390 e. The molecule has 4 atom stereocenters. The van der Waals surface area contributed by atoms with E-state index >= 15 is 0 Å². The largest absolute Gasteiger partial charge is 0.508 e. The molecule has 0 saturated heterocycles. The maximum absolute atomic E-state index is 13.8. The molecule has 0 unspecified atom stereocenters. The summed E-state index contributed by atoms with van der Waals surface area (Å²) in [5, 5.41) is 44.3. The van der Waals surface area contributed by atoms with Gasteiger partial charge in [0.25, 0.3) is 5.91 Å². The van der Waals surface area contributed by atoms with E-state index in [0.29, 0.717) is 11.1 Å². The Bertz CT molecular complexity index is 1450. The van der Waals surface area contributed by atoms with Crippen LogP contribution in [0.15, 0.2) is 29.0 Å². The first-order valence-corrected chi connectivity index (χ1v) is 12.7. The number of likely N-dealkylation sites (N-methyl/N-ethyl adjacent to an activating group) is 1. The highest BCUT2D eigenvalue weighted by atomic mass is 19.4. The third-order valence-electron chi connectivity index (χ3n) is 7.95. The Balaban J connectivity index is 1.78. The second-order valence-corrected chi connectivity index (χ2v) is 10.9. The first kappa shape index (κ1) is 30.1. The van der Waals surface area contributed by atoms with Gasteiger partial charge in [0.2, 0.25) is 5.78 Å². The average Bonchev–Trinajstić information content (AvgIpc) is 2.85. The number of nitrogens with zero attached hydrogens (tertiary/aromatic N) is 2. The van der Waals surface area contributed by atoms with E-state index < -0.39 is 70.6 Å². The molecule has 1 saturated carbocycles. The molecule has 10 nitrogen and oxygen atoms in total. The Hall–Kier alpha value is -3.86. The summed E-state index contributed by atoms with van der Waals surface area (Å²) >= 11 is 0. The summed E-state index contributed by atoms with van der Waals surface area (Å²) in [5.74, 6) is -1.83. The number of halogens is 3. The topological polar surface area (TPSA) is 165 Å². The van der Waals surface area contributed by atoms with E-state index in [4.69, 9.17) is 5.73 Å². The highest BCUT2D eigenvalue weighted by Gasteiger charge is 2.64. The highest BCUT2D eigenvalue weighted by molar-refractivity contribution is 6.24. The number of phenolic OH excluding ortho intramolecular Hbond substituents is 1. The summed E-state index contributed by atoms with van der Waals surface area (Å²) in [4.78, 5) is 41.8. The van der Waals surface area contributed by atoms with Gasteiger partial charge in [0.05, 0.1) is 24.6 Å². The number of Topliss-reactive ketones (excluding diaryl/α,β-unsaturated/α-hetero) is 2. The number of aromatic hydroxyl groups is 1. The number of carbonyl (C=O) groups excluding carboxylic acids is 3. The fraction of sp³-hybridized carbons (Fsp3) is 0.464. The highest BCUT2D eigenvalue weighted by Crippen LogP contribution is 2.52. The van der Waals surface area contributed by atoms with Gasteiger partial charge in [0.1, 0.15) is 22.8 Å². The number of alkyl halides is 3. The Morgan fingerprint density at radius 2 is 1.83 bits per heavy atom. The maximum atomic E-state index is 13.8. The molecule has 0 spiro atoms. The first-order chi connectivity index (χ1) is 19.0. The molecule has 1 amide bonds. The van der Waals surface area contributed by atoms with Gasteiger partial charge in [-0.25, -0.2) is 0 Å². The van der Waals surface area contributed by atoms with Gasteiger partial charge in [0, 0.05) is 23.6 Å². The minimum absolute atomic E-state index is 0.0102. The Labute approximate surface area is 233 Å². The molecule has 3 aliphatic carbocycles. The molecule has 0 aromatic heterocycles. The summed E-state index contributed by atoms with van der Waals surface area (Å²) in [6, 6.07) is 1.52. The lowest BCUT2D eigenvalue weighted by Gasteiger charge is -2.50. The molecule has 3 aliphatic rings. The molecule has 1 aromatic rings. The Morgan fingerprint density at radius 3 is 2.41 bits per heavy atom. The van der Waals surface area contributed by atoms with Crippen LogP contribution in [-0.2, 0) is 20.8 Å². The molecule has 41 heavy (non-hydrogen) atoms. The lowest BCUT2D eigenvalue weighted by Crippen LogP contribution is -2.65. The lowest BCUT2D eigenvalue weighted by atomic mass is 9.57. The van der Waals surface area contributed by atoms with Crippen LogP contribution in [0, 0.1) is 23.7 Å². The van der Waals surface area contributed by atoms with Crippen molar-refractivity contribution in [3.63, 3.8) is 0 Å². The van der Waals surface area contributed by atoms with E-state index in [1.807, 2.05) is 0 Å². The number of primary amides is 1. The predicted octanol–water partition coefficient (Wildman–Crippen LogP) is 1.20. The lowest BCUT2D eigenvalue weighted by molar-refractivity contribution is -0.153. The Morgan fingerprint density at radius 1 is 1.17 bits per heavy atom. The van der Waals surface area contributed by atoms with Crippen molar-refractivity contribution in [2.75, 3.05) is 34.2 Å². The minimum Gasteiger partial charge on any atom is -0.508 e. The minimum atomic E-state index is -4.30. The van der Waals surface area contributed by atoms with Crippen LogP contribution in [0.25, 0.3) is 5.76 Å². The van der Waals surface area contributed by atoms with E-state index in [1.54, 1.807) is 0 Å². The van der Waals surface area contributed by atoms with Crippen molar-refractivity contribution < 1.29 is 48.0 Å². The number of aliphatic hydroxyl groups excluding tert-OH is 2. The van der Waals surface area contributed by atoms with E-state index in [9.17, 15) is 48.0 Å². The Kier molecular flexibility index (Phi) is 7.72. The fourth-order valence-electron chi connectivity index (χ4n) is 6.03. The third kappa shape index (κ3) is 5.07. The molecule has 1 aromatic carbocycles. The molecule has 1 fully saturated rings. The summed E-state index contributed by atoms with van der Waals surface area (Å²) in [7, 11) is 4.50. The van der Waals surface area contributed by atoms with Gasteiger partial charge in [-0.1, -0.05) is 11.8 Å². The van der Waals surface area contributed by atoms with Crippen molar-refractivity contribution >= 4 is 23.2 Å². The van der Waals surface area contributed by atoms with Crippen LogP contribution < -0.4 is 5.73 Å². The maximum Gasteiger partial charge on any atom is 0.390 e. The number of rotatable bonds is 5. The number of benzene rings is 1. The zero-order valence-corrected chi connectivity index (χ0v) is 22.5. The SMILES string of the molecule is CN(CC#Cc1ccc(O)c2c1C[C@H]1C[C@H]3[C@H](N(C)C)C(=O)C(C(N)=O)=C(O)[C@@]3(O)C(=O)C1=C2O)CCC(F)(F)F. The van der Waals surface area contributed by atoms with E-state index in [0.717, 1.165) is 0 Å².